The first-order valence-corrected chi connectivity index (χ1v) is 10.3. The average molecular weight is 418 g/mol. The Kier molecular flexibility index (Phi) is 5.41. The van der Waals surface area contributed by atoms with Crippen molar-refractivity contribution in [3.05, 3.63) is 89.5 Å². The standard InChI is InChI=1S/C25H26N2O4/c1-24-14-15-25(31-24,21(23(29)30-3)20(24)22(28)26-2)19(16-17-10-6-4-7-11-17)27-18-12-8-5-9-13-18/h4-15,19,27H,16H2,1-3H3,(H,26,28). The maximum atomic E-state index is 13.0. The monoisotopic (exact) mass is 418 g/mol. The van der Waals surface area contributed by atoms with E-state index in [1.54, 1.807) is 14.0 Å². The number of amides is 1. The Morgan fingerprint density at radius 2 is 1.65 bits per heavy atom. The van der Waals surface area contributed by atoms with Gasteiger partial charge < -0.3 is 20.1 Å². The number of para-hydroxylation sites is 1. The summed E-state index contributed by atoms with van der Waals surface area (Å²) in [4.78, 5) is 25.8. The summed E-state index contributed by atoms with van der Waals surface area (Å²) in [6.45, 7) is 1.80. The largest absolute Gasteiger partial charge is 0.466 e. The van der Waals surface area contributed by atoms with E-state index in [2.05, 4.69) is 10.6 Å². The molecule has 2 aromatic carbocycles. The highest BCUT2D eigenvalue weighted by atomic mass is 16.6. The third kappa shape index (κ3) is 3.53. The predicted molar refractivity (Wildman–Crippen MR) is 118 cm³/mol. The Morgan fingerprint density at radius 1 is 1.00 bits per heavy atom. The van der Waals surface area contributed by atoms with Crippen LogP contribution in [-0.4, -0.2) is 43.3 Å². The highest BCUT2D eigenvalue weighted by molar-refractivity contribution is 6.08. The van der Waals surface area contributed by atoms with Gasteiger partial charge in [-0.3, -0.25) is 4.79 Å². The van der Waals surface area contributed by atoms with E-state index in [0.29, 0.717) is 6.42 Å². The topological polar surface area (TPSA) is 76.7 Å². The van der Waals surface area contributed by atoms with E-state index in [9.17, 15) is 9.59 Å². The van der Waals surface area contributed by atoms with Gasteiger partial charge >= 0.3 is 5.97 Å². The molecule has 6 heteroatoms. The first kappa shape index (κ1) is 20.9. The van der Waals surface area contributed by atoms with Gasteiger partial charge in [0.25, 0.3) is 5.91 Å². The van der Waals surface area contributed by atoms with Crippen LogP contribution in [0.5, 0.6) is 0 Å². The molecule has 3 atom stereocenters. The fourth-order valence-electron chi connectivity index (χ4n) is 4.50. The van der Waals surface area contributed by atoms with E-state index in [4.69, 9.17) is 9.47 Å². The number of esters is 1. The SMILES string of the molecule is CNC(=O)C1=C(C(=O)OC)C2(C(Cc3ccccc3)Nc3ccccc3)C=CC1(C)O2. The number of carbonyl (C=O) groups is 2. The Labute approximate surface area is 181 Å². The molecule has 2 aromatic rings. The molecule has 0 radical (unpaired) electrons. The molecule has 0 saturated heterocycles. The van der Waals surface area contributed by atoms with Crippen molar-refractivity contribution in [3.8, 4) is 0 Å². The number of fused-ring (bicyclic) bond motifs is 2. The summed E-state index contributed by atoms with van der Waals surface area (Å²) < 4.78 is 11.6. The minimum Gasteiger partial charge on any atom is -0.466 e. The molecule has 3 unspecified atom stereocenters. The zero-order chi connectivity index (χ0) is 22.1. The molecule has 1 amide bonds. The van der Waals surface area contributed by atoms with Crippen molar-refractivity contribution < 1.29 is 19.1 Å². The molecule has 0 fully saturated rings. The first-order valence-electron chi connectivity index (χ1n) is 10.3. The molecule has 0 spiro atoms. The number of methoxy groups -OCH3 is 1. The number of likely N-dealkylation sites (N-methyl/N-ethyl adjacent to an activating group) is 1. The number of rotatable bonds is 7. The van der Waals surface area contributed by atoms with Crippen LogP contribution in [0, 0.1) is 0 Å². The molecule has 4 rings (SSSR count). The lowest BCUT2D eigenvalue weighted by Crippen LogP contribution is -2.50. The summed E-state index contributed by atoms with van der Waals surface area (Å²) in [5.41, 5.74) is 0.322. The summed E-state index contributed by atoms with van der Waals surface area (Å²) in [7, 11) is 2.86. The number of hydrogen-bond acceptors (Lipinski definition) is 5. The second-order valence-corrected chi connectivity index (χ2v) is 7.91. The van der Waals surface area contributed by atoms with Crippen molar-refractivity contribution in [1.29, 1.82) is 0 Å². The molecule has 2 N–H and O–H groups in total. The maximum Gasteiger partial charge on any atom is 0.337 e. The molecule has 2 bridgehead atoms. The minimum atomic E-state index is -1.16. The number of ether oxygens (including phenoxy) is 2. The lowest BCUT2D eigenvalue weighted by atomic mass is 9.76. The number of anilines is 1. The molecular formula is C25H26N2O4. The molecule has 31 heavy (non-hydrogen) atoms. The number of nitrogens with one attached hydrogen (secondary N) is 2. The van der Waals surface area contributed by atoms with Gasteiger partial charge in [0, 0.05) is 12.7 Å². The van der Waals surface area contributed by atoms with Crippen molar-refractivity contribution in [3.63, 3.8) is 0 Å². The Bertz CT molecular complexity index is 1010. The van der Waals surface area contributed by atoms with Crippen molar-refractivity contribution >= 4 is 17.6 Å². The van der Waals surface area contributed by atoms with Crippen LogP contribution in [0.3, 0.4) is 0 Å². The van der Waals surface area contributed by atoms with Gasteiger partial charge in [0.15, 0.2) is 0 Å². The highest BCUT2D eigenvalue weighted by Gasteiger charge is 2.62. The molecular weight excluding hydrogens is 392 g/mol. The van der Waals surface area contributed by atoms with Gasteiger partial charge in [-0.05, 0) is 43.2 Å². The number of benzene rings is 2. The summed E-state index contributed by atoms with van der Waals surface area (Å²) >= 11 is 0. The molecule has 2 heterocycles. The fraction of sp³-hybridized carbons (Fsp3) is 0.280. The molecule has 160 valence electrons. The quantitative estimate of drug-likeness (QED) is 0.534. The molecule has 0 aliphatic carbocycles. The van der Waals surface area contributed by atoms with Crippen LogP contribution in [0.15, 0.2) is 84.0 Å². The third-order valence-electron chi connectivity index (χ3n) is 5.93. The van der Waals surface area contributed by atoms with Crippen LogP contribution in [0.4, 0.5) is 5.69 Å². The Hall–Kier alpha value is -3.38. The second-order valence-electron chi connectivity index (χ2n) is 7.91. The number of carbonyl (C=O) groups excluding carboxylic acids is 2. The van der Waals surface area contributed by atoms with E-state index in [-0.39, 0.29) is 23.1 Å². The summed E-state index contributed by atoms with van der Waals surface area (Å²) in [5, 5.41) is 6.18. The van der Waals surface area contributed by atoms with Crippen LogP contribution < -0.4 is 10.6 Å². The molecule has 2 aliphatic rings. The van der Waals surface area contributed by atoms with E-state index in [0.717, 1.165) is 11.3 Å². The van der Waals surface area contributed by atoms with Gasteiger partial charge in [0.1, 0.15) is 11.2 Å². The maximum absolute atomic E-state index is 13.0. The first-order chi connectivity index (χ1) is 14.9. The average Bonchev–Trinajstić information content (AvgIpc) is 3.29. The van der Waals surface area contributed by atoms with Gasteiger partial charge in [-0.1, -0.05) is 48.5 Å². The molecule has 0 saturated carbocycles. The van der Waals surface area contributed by atoms with E-state index < -0.39 is 17.2 Å². The van der Waals surface area contributed by atoms with Crippen molar-refractivity contribution in [1.82, 2.24) is 5.32 Å². The lowest BCUT2D eigenvalue weighted by Gasteiger charge is -2.36. The van der Waals surface area contributed by atoms with Crippen LogP contribution in [-0.2, 0) is 25.5 Å². The van der Waals surface area contributed by atoms with Crippen molar-refractivity contribution in [2.24, 2.45) is 0 Å². The fourth-order valence-corrected chi connectivity index (χ4v) is 4.50. The third-order valence-corrected chi connectivity index (χ3v) is 5.93. The summed E-state index contributed by atoms with van der Waals surface area (Å²) in [6.07, 6.45) is 4.31. The van der Waals surface area contributed by atoms with Gasteiger partial charge in [0.2, 0.25) is 0 Å². The van der Waals surface area contributed by atoms with Gasteiger partial charge in [-0.15, -0.1) is 0 Å². The van der Waals surface area contributed by atoms with Crippen molar-refractivity contribution in [2.45, 2.75) is 30.6 Å². The molecule has 6 nitrogen and oxygen atoms in total. The van der Waals surface area contributed by atoms with Crippen LogP contribution >= 0.6 is 0 Å². The van der Waals surface area contributed by atoms with E-state index >= 15 is 0 Å². The van der Waals surface area contributed by atoms with Crippen molar-refractivity contribution in [2.75, 3.05) is 19.5 Å². The number of hydrogen-bond donors (Lipinski definition) is 2. The summed E-state index contributed by atoms with van der Waals surface area (Å²) in [5.74, 6) is -0.924. The van der Waals surface area contributed by atoms with Crippen LogP contribution in [0.25, 0.3) is 0 Å². The van der Waals surface area contributed by atoms with Crippen LogP contribution in [0.1, 0.15) is 12.5 Å². The lowest BCUT2D eigenvalue weighted by molar-refractivity contribution is -0.138. The predicted octanol–water partition coefficient (Wildman–Crippen LogP) is 3.02. The zero-order valence-electron chi connectivity index (χ0n) is 17.8. The smallest absolute Gasteiger partial charge is 0.337 e. The van der Waals surface area contributed by atoms with E-state index in [1.807, 2.05) is 72.8 Å². The Balaban J connectivity index is 1.85. The summed E-state index contributed by atoms with van der Waals surface area (Å²) in [6, 6.07) is 19.4. The normalized spacial score (nSPS) is 24.7. The minimum absolute atomic E-state index is 0.240. The van der Waals surface area contributed by atoms with Gasteiger partial charge in [-0.2, -0.15) is 0 Å². The van der Waals surface area contributed by atoms with E-state index in [1.165, 1.54) is 7.11 Å². The molecule has 0 aromatic heterocycles. The second kappa shape index (κ2) is 8.04. The zero-order valence-corrected chi connectivity index (χ0v) is 17.8. The van der Waals surface area contributed by atoms with Crippen LogP contribution in [0.2, 0.25) is 0 Å². The highest BCUT2D eigenvalue weighted by Crippen LogP contribution is 2.52. The van der Waals surface area contributed by atoms with Gasteiger partial charge in [-0.25, -0.2) is 4.79 Å². The molecule has 2 aliphatic heterocycles. The van der Waals surface area contributed by atoms with Gasteiger partial charge in [0.05, 0.1) is 24.3 Å². The Morgan fingerprint density at radius 3 is 2.26 bits per heavy atom.